The maximum Gasteiger partial charge on any atom is 0.0855 e. The summed E-state index contributed by atoms with van der Waals surface area (Å²) in [6.45, 7) is 4.18. The number of thioether (sulfide) groups is 1. The number of aliphatic hydroxyl groups excluding tert-OH is 1. The van der Waals surface area contributed by atoms with Gasteiger partial charge in [-0.15, -0.1) is 0 Å². The van der Waals surface area contributed by atoms with Gasteiger partial charge in [-0.1, -0.05) is 18.5 Å². The molecule has 3 nitrogen and oxygen atoms in total. The van der Waals surface area contributed by atoms with Crippen molar-refractivity contribution in [1.82, 2.24) is 9.78 Å². The number of nitrogens with zero attached hydrogens (tertiary/aromatic N) is 2. The lowest BCUT2D eigenvalue weighted by atomic mass is 10.2. The lowest BCUT2D eigenvalue weighted by Gasteiger charge is -2.07. The Kier molecular flexibility index (Phi) is 4.96. The van der Waals surface area contributed by atoms with Crippen LogP contribution in [-0.2, 0) is 12.8 Å². The molecule has 1 aromatic rings. The topological polar surface area (TPSA) is 38.0 Å². The number of aryl methyl sites for hydroxylation is 2. The van der Waals surface area contributed by atoms with Gasteiger partial charge in [-0.2, -0.15) is 16.9 Å². The van der Waals surface area contributed by atoms with Crippen LogP contribution in [0.2, 0.25) is 5.02 Å². The molecule has 0 radical (unpaired) electrons. The van der Waals surface area contributed by atoms with E-state index < -0.39 is 0 Å². The van der Waals surface area contributed by atoms with E-state index in [0.717, 1.165) is 27.9 Å². The summed E-state index contributed by atoms with van der Waals surface area (Å²) >= 11 is 7.89. The molecule has 0 spiro atoms. The number of aromatic nitrogens is 2. The Morgan fingerprint density at radius 3 is 2.73 bits per heavy atom. The standard InChI is InChI=1S/C10H17ClN2OS/c1-7(4-14)5-15-6-9-10(11)8(2)12-13(9)3/h7,14H,4-6H2,1-3H3. The Labute approximate surface area is 99.8 Å². The molecule has 0 saturated carbocycles. The van der Waals surface area contributed by atoms with Crippen LogP contribution in [0.3, 0.4) is 0 Å². The third-order valence-electron chi connectivity index (χ3n) is 2.21. The van der Waals surface area contributed by atoms with Gasteiger partial charge in [0.05, 0.1) is 16.4 Å². The van der Waals surface area contributed by atoms with Gasteiger partial charge < -0.3 is 5.11 Å². The van der Waals surface area contributed by atoms with Crippen molar-refractivity contribution in [3.05, 3.63) is 16.4 Å². The molecular weight excluding hydrogens is 232 g/mol. The molecule has 0 amide bonds. The minimum atomic E-state index is 0.241. The van der Waals surface area contributed by atoms with E-state index >= 15 is 0 Å². The molecule has 5 heteroatoms. The maximum atomic E-state index is 8.89. The monoisotopic (exact) mass is 248 g/mol. The first-order valence-electron chi connectivity index (χ1n) is 4.92. The Bertz CT molecular complexity index is 327. The fourth-order valence-electron chi connectivity index (χ4n) is 1.25. The molecular formula is C10H17ClN2OS. The van der Waals surface area contributed by atoms with E-state index in [4.69, 9.17) is 16.7 Å². The summed E-state index contributed by atoms with van der Waals surface area (Å²) in [6, 6.07) is 0. The van der Waals surface area contributed by atoms with Gasteiger partial charge in [0.15, 0.2) is 0 Å². The van der Waals surface area contributed by atoms with Crippen molar-refractivity contribution < 1.29 is 5.11 Å². The van der Waals surface area contributed by atoms with Gasteiger partial charge >= 0.3 is 0 Å². The van der Waals surface area contributed by atoms with Crippen molar-refractivity contribution in [3.63, 3.8) is 0 Å². The van der Waals surface area contributed by atoms with Crippen LogP contribution in [0.4, 0.5) is 0 Å². The first-order valence-corrected chi connectivity index (χ1v) is 6.46. The van der Waals surface area contributed by atoms with Gasteiger partial charge in [-0.25, -0.2) is 0 Å². The molecule has 1 N–H and O–H groups in total. The van der Waals surface area contributed by atoms with E-state index in [1.807, 2.05) is 25.6 Å². The van der Waals surface area contributed by atoms with Crippen LogP contribution in [-0.4, -0.2) is 27.2 Å². The molecule has 0 aliphatic rings. The highest BCUT2D eigenvalue weighted by Crippen LogP contribution is 2.24. The van der Waals surface area contributed by atoms with E-state index in [0.29, 0.717) is 5.92 Å². The van der Waals surface area contributed by atoms with Crippen molar-refractivity contribution in [3.8, 4) is 0 Å². The number of halogens is 1. The summed E-state index contributed by atoms with van der Waals surface area (Å²) in [6.07, 6.45) is 0. The van der Waals surface area contributed by atoms with E-state index in [2.05, 4.69) is 5.10 Å². The highest BCUT2D eigenvalue weighted by molar-refractivity contribution is 7.98. The molecule has 0 aromatic carbocycles. The minimum Gasteiger partial charge on any atom is -0.396 e. The Morgan fingerprint density at radius 2 is 2.27 bits per heavy atom. The zero-order valence-electron chi connectivity index (χ0n) is 9.33. The van der Waals surface area contributed by atoms with Gasteiger partial charge in [0.25, 0.3) is 0 Å². The largest absolute Gasteiger partial charge is 0.396 e. The Morgan fingerprint density at radius 1 is 1.60 bits per heavy atom. The average Bonchev–Trinajstić information content (AvgIpc) is 2.44. The van der Waals surface area contributed by atoms with Gasteiger partial charge in [-0.3, -0.25) is 4.68 Å². The van der Waals surface area contributed by atoms with Crippen molar-refractivity contribution in [2.75, 3.05) is 12.4 Å². The zero-order valence-corrected chi connectivity index (χ0v) is 10.9. The molecule has 0 aliphatic heterocycles. The van der Waals surface area contributed by atoms with Crippen LogP contribution < -0.4 is 0 Å². The zero-order chi connectivity index (χ0) is 11.4. The third kappa shape index (κ3) is 3.40. The smallest absolute Gasteiger partial charge is 0.0855 e. The van der Waals surface area contributed by atoms with Crippen molar-refractivity contribution >= 4 is 23.4 Å². The van der Waals surface area contributed by atoms with Crippen LogP contribution >= 0.6 is 23.4 Å². The minimum absolute atomic E-state index is 0.241. The summed E-state index contributed by atoms with van der Waals surface area (Å²) in [5, 5.41) is 13.9. The first kappa shape index (κ1) is 12.9. The molecule has 1 unspecified atom stereocenters. The predicted octanol–water partition coefficient (Wildman–Crippen LogP) is 2.24. The molecule has 1 rings (SSSR count). The number of hydrogen-bond donors (Lipinski definition) is 1. The van der Waals surface area contributed by atoms with Crippen molar-refractivity contribution in [1.29, 1.82) is 0 Å². The van der Waals surface area contributed by atoms with E-state index in [1.54, 1.807) is 11.8 Å². The highest BCUT2D eigenvalue weighted by atomic mass is 35.5. The van der Waals surface area contributed by atoms with E-state index in [9.17, 15) is 0 Å². The molecule has 0 aliphatic carbocycles. The number of rotatable bonds is 5. The van der Waals surface area contributed by atoms with Crippen molar-refractivity contribution in [2.45, 2.75) is 19.6 Å². The Hall–Kier alpha value is -0.190. The van der Waals surface area contributed by atoms with E-state index in [1.165, 1.54) is 0 Å². The van der Waals surface area contributed by atoms with Gasteiger partial charge in [0.1, 0.15) is 0 Å². The number of aliphatic hydroxyl groups is 1. The average molecular weight is 249 g/mol. The molecule has 1 aromatic heterocycles. The van der Waals surface area contributed by atoms with Gasteiger partial charge in [0.2, 0.25) is 0 Å². The first-order chi connectivity index (χ1) is 7.06. The summed E-state index contributed by atoms with van der Waals surface area (Å²) in [4.78, 5) is 0. The summed E-state index contributed by atoms with van der Waals surface area (Å²) in [5.74, 6) is 2.13. The van der Waals surface area contributed by atoms with Gasteiger partial charge in [0, 0.05) is 19.4 Å². The molecule has 0 fully saturated rings. The van der Waals surface area contributed by atoms with Crippen LogP contribution in [0, 0.1) is 12.8 Å². The second kappa shape index (κ2) is 5.77. The van der Waals surface area contributed by atoms with Crippen LogP contribution in [0.15, 0.2) is 0 Å². The van der Waals surface area contributed by atoms with Crippen LogP contribution in [0.1, 0.15) is 18.3 Å². The quantitative estimate of drug-likeness (QED) is 0.869. The van der Waals surface area contributed by atoms with Crippen molar-refractivity contribution in [2.24, 2.45) is 13.0 Å². The molecule has 0 saturated heterocycles. The van der Waals surface area contributed by atoms with Crippen LogP contribution in [0.5, 0.6) is 0 Å². The molecule has 15 heavy (non-hydrogen) atoms. The molecule has 0 bridgehead atoms. The normalized spacial score (nSPS) is 13.1. The second-order valence-corrected chi connectivity index (χ2v) is 5.18. The lowest BCUT2D eigenvalue weighted by Crippen LogP contribution is -2.04. The molecule has 86 valence electrons. The molecule has 1 atom stereocenters. The fraction of sp³-hybridized carbons (Fsp3) is 0.700. The summed E-state index contributed by atoms with van der Waals surface area (Å²) < 4.78 is 1.83. The maximum absolute atomic E-state index is 8.89. The second-order valence-electron chi connectivity index (χ2n) is 3.77. The lowest BCUT2D eigenvalue weighted by molar-refractivity contribution is 0.250. The Balaban J connectivity index is 2.50. The predicted molar refractivity (Wildman–Crippen MR) is 65.4 cm³/mol. The highest BCUT2D eigenvalue weighted by Gasteiger charge is 2.11. The third-order valence-corrected chi connectivity index (χ3v) is 3.99. The SMILES string of the molecule is Cc1nn(C)c(CSCC(C)CO)c1Cl. The fourth-order valence-corrected chi connectivity index (χ4v) is 2.70. The van der Waals surface area contributed by atoms with Crippen LogP contribution in [0.25, 0.3) is 0 Å². The van der Waals surface area contributed by atoms with E-state index in [-0.39, 0.29) is 6.61 Å². The molecule has 1 heterocycles. The summed E-state index contributed by atoms with van der Waals surface area (Å²) in [7, 11) is 1.91. The number of hydrogen-bond acceptors (Lipinski definition) is 3. The van der Waals surface area contributed by atoms with Gasteiger partial charge in [-0.05, 0) is 18.6 Å². The summed E-state index contributed by atoms with van der Waals surface area (Å²) in [5.41, 5.74) is 1.94.